The largest absolute Gasteiger partial charge is 0.384 e. The molecule has 0 aromatic carbocycles. The Morgan fingerprint density at radius 3 is 2.72 bits per heavy atom. The van der Waals surface area contributed by atoms with Crippen LogP contribution >= 0.6 is 11.3 Å². The van der Waals surface area contributed by atoms with Crippen molar-refractivity contribution in [3.8, 4) is 0 Å². The molecule has 0 aliphatic carbocycles. The predicted molar refractivity (Wildman–Crippen MR) is 72.7 cm³/mol. The molecule has 2 heterocycles. The molecule has 1 N–H and O–H groups in total. The SMILES string of the molecule is Cc1ccc(C(C)(O)Cc2ncnn2C(C)C)s1. The Bertz CT molecular complexity index is 528. The summed E-state index contributed by atoms with van der Waals surface area (Å²) in [7, 11) is 0. The number of aliphatic hydroxyl groups is 1. The highest BCUT2D eigenvalue weighted by Gasteiger charge is 2.28. The molecule has 18 heavy (non-hydrogen) atoms. The molecular formula is C13H19N3OS. The van der Waals surface area contributed by atoms with Crippen molar-refractivity contribution in [2.24, 2.45) is 0 Å². The number of hydrogen-bond acceptors (Lipinski definition) is 4. The Labute approximate surface area is 111 Å². The van der Waals surface area contributed by atoms with Crippen LogP contribution in [-0.2, 0) is 12.0 Å². The molecule has 0 spiro atoms. The third-order valence-corrected chi connectivity index (χ3v) is 4.16. The summed E-state index contributed by atoms with van der Waals surface area (Å²) in [5.41, 5.74) is -0.890. The number of rotatable bonds is 4. The van der Waals surface area contributed by atoms with Crippen LogP contribution in [0, 0.1) is 6.92 Å². The standard InChI is InChI=1S/C13H19N3OS/c1-9(2)16-12(14-8-15-16)7-13(4,17)11-6-5-10(3)18-11/h5-6,8-9,17H,7H2,1-4H3. The normalized spacial score (nSPS) is 15.0. The van der Waals surface area contributed by atoms with E-state index < -0.39 is 5.60 Å². The van der Waals surface area contributed by atoms with E-state index in [1.54, 1.807) is 17.7 Å². The van der Waals surface area contributed by atoms with Gasteiger partial charge in [0.2, 0.25) is 0 Å². The topological polar surface area (TPSA) is 50.9 Å². The highest BCUT2D eigenvalue weighted by molar-refractivity contribution is 7.12. The van der Waals surface area contributed by atoms with E-state index >= 15 is 0 Å². The Hall–Kier alpha value is -1.20. The summed E-state index contributed by atoms with van der Waals surface area (Å²) in [5, 5.41) is 14.8. The number of nitrogens with zero attached hydrogens (tertiary/aromatic N) is 3. The molecule has 0 fully saturated rings. The molecule has 0 bridgehead atoms. The van der Waals surface area contributed by atoms with Crippen LogP contribution in [0.1, 0.15) is 42.4 Å². The summed E-state index contributed by atoms with van der Waals surface area (Å²) in [6.07, 6.45) is 2.02. The number of aryl methyl sites for hydroxylation is 1. The molecule has 2 aromatic heterocycles. The van der Waals surface area contributed by atoms with Gasteiger partial charge < -0.3 is 5.11 Å². The van der Waals surface area contributed by atoms with E-state index in [2.05, 4.69) is 23.9 Å². The van der Waals surface area contributed by atoms with Gasteiger partial charge >= 0.3 is 0 Å². The van der Waals surface area contributed by atoms with E-state index in [1.165, 1.54) is 4.88 Å². The maximum absolute atomic E-state index is 10.6. The smallest absolute Gasteiger partial charge is 0.138 e. The highest BCUT2D eigenvalue weighted by Crippen LogP contribution is 2.30. The molecule has 0 saturated heterocycles. The van der Waals surface area contributed by atoms with Gasteiger partial charge in [0.15, 0.2) is 0 Å². The van der Waals surface area contributed by atoms with Crippen molar-refractivity contribution >= 4 is 11.3 Å². The highest BCUT2D eigenvalue weighted by atomic mass is 32.1. The van der Waals surface area contributed by atoms with Crippen LogP contribution in [0.2, 0.25) is 0 Å². The van der Waals surface area contributed by atoms with Crippen molar-refractivity contribution in [2.45, 2.75) is 45.8 Å². The molecule has 0 aliphatic heterocycles. The Kier molecular flexibility index (Phi) is 3.54. The fourth-order valence-electron chi connectivity index (χ4n) is 1.95. The molecule has 0 aliphatic rings. The van der Waals surface area contributed by atoms with Gasteiger partial charge in [-0.1, -0.05) is 0 Å². The van der Waals surface area contributed by atoms with E-state index in [1.807, 2.05) is 30.7 Å². The second-order valence-corrected chi connectivity index (χ2v) is 6.36. The van der Waals surface area contributed by atoms with Crippen LogP contribution in [0.5, 0.6) is 0 Å². The van der Waals surface area contributed by atoms with Crippen LogP contribution in [0.3, 0.4) is 0 Å². The lowest BCUT2D eigenvalue weighted by atomic mass is 10.00. The molecular weight excluding hydrogens is 246 g/mol. The third kappa shape index (κ3) is 2.62. The van der Waals surface area contributed by atoms with Crippen molar-refractivity contribution in [1.82, 2.24) is 14.8 Å². The van der Waals surface area contributed by atoms with Crippen molar-refractivity contribution in [3.05, 3.63) is 34.0 Å². The lowest BCUT2D eigenvalue weighted by Crippen LogP contribution is -2.25. The second-order valence-electron chi connectivity index (χ2n) is 5.08. The first-order chi connectivity index (χ1) is 8.40. The second kappa shape index (κ2) is 4.82. The van der Waals surface area contributed by atoms with E-state index in [9.17, 15) is 5.11 Å². The fourth-order valence-corrected chi connectivity index (χ4v) is 2.86. The minimum Gasteiger partial charge on any atom is -0.384 e. The zero-order chi connectivity index (χ0) is 13.3. The van der Waals surface area contributed by atoms with Gasteiger partial charge in [0, 0.05) is 22.2 Å². The van der Waals surface area contributed by atoms with Crippen LogP contribution in [0.15, 0.2) is 18.5 Å². The van der Waals surface area contributed by atoms with Crippen molar-refractivity contribution < 1.29 is 5.11 Å². The molecule has 2 aromatic rings. The first-order valence-corrected chi connectivity index (χ1v) is 6.89. The summed E-state index contributed by atoms with van der Waals surface area (Å²) >= 11 is 1.62. The number of hydrogen-bond donors (Lipinski definition) is 1. The maximum atomic E-state index is 10.6. The summed E-state index contributed by atoms with van der Waals surface area (Å²) in [5.74, 6) is 0.820. The fraction of sp³-hybridized carbons (Fsp3) is 0.538. The van der Waals surface area contributed by atoms with Gasteiger partial charge in [-0.15, -0.1) is 11.3 Å². The van der Waals surface area contributed by atoms with Crippen molar-refractivity contribution in [1.29, 1.82) is 0 Å². The monoisotopic (exact) mass is 265 g/mol. The minimum absolute atomic E-state index is 0.253. The summed E-state index contributed by atoms with van der Waals surface area (Å²) in [4.78, 5) is 6.43. The number of aromatic nitrogens is 3. The molecule has 4 nitrogen and oxygen atoms in total. The van der Waals surface area contributed by atoms with Gasteiger partial charge in [-0.2, -0.15) is 5.10 Å². The predicted octanol–water partition coefficient (Wildman–Crippen LogP) is 2.68. The summed E-state index contributed by atoms with van der Waals surface area (Å²) < 4.78 is 1.86. The van der Waals surface area contributed by atoms with Gasteiger partial charge in [-0.25, -0.2) is 9.67 Å². The van der Waals surface area contributed by atoms with Crippen molar-refractivity contribution in [2.75, 3.05) is 0 Å². The first-order valence-electron chi connectivity index (χ1n) is 6.08. The van der Waals surface area contributed by atoms with Gasteiger partial charge in [-0.3, -0.25) is 0 Å². The summed E-state index contributed by atoms with van der Waals surface area (Å²) in [6.45, 7) is 7.99. The average Bonchev–Trinajstić information content (AvgIpc) is 2.86. The molecule has 98 valence electrons. The Balaban J connectivity index is 2.24. The van der Waals surface area contributed by atoms with Crippen LogP contribution in [-0.4, -0.2) is 19.9 Å². The van der Waals surface area contributed by atoms with Gasteiger partial charge in [0.05, 0.1) is 0 Å². The third-order valence-electron chi connectivity index (χ3n) is 2.91. The van der Waals surface area contributed by atoms with Gasteiger partial charge in [0.25, 0.3) is 0 Å². The maximum Gasteiger partial charge on any atom is 0.138 e. The molecule has 5 heteroatoms. The molecule has 1 unspecified atom stereocenters. The van der Waals surface area contributed by atoms with Crippen molar-refractivity contribution in [3.63, 3.8) is 0 Å². The van der Waals surface area contributed by atoms with Gasteiger partial charge in [0.1, 0.15) is 17.8 Å². The molecule has 1 atom stereocenters. The summed E-state index contributed by atoms with van der Waals surface area (Å²) in [6, 6.07) is 4.26. The van der Waals surface area contributed by atoms with Gasteiger partial charge in [-0.05, 0) is 39.8 Å². The molecule has 0 radical (unpaired) electrons. The molecule has 0 amide bonds. The molecule has 2 rings (SSSR count). The lowest BCUT2D eigenvalue weighted by Gasteiger charge is -2.22. The Morgan fingerprint density at radius 2 is 2.17 bits per heavy atom. The van der Waals surface area contributed by atoms with Crippen LogP contribution in [0.4, 0.5) is 0 Å². The first kappa shape index (κ1) is 13.2. The zero-order valence-corrected chi connectivity index (χ0v) is 12.0. The van der Waals surface area contributed by atoms with Crippen LogP contribution < -0.4 is 0 Å². The zero-order valence-electron chi connectivity index (χ0n) is 11.2. The average molecular weight is 265 g/mol. The lowest BCUT2D eigenvalue weighted by molar-refractivity contribution is 0.0578. The number of thiophene rings is 1. The van der Waals surface area contributed by atoms with E-state index in [0.29, 0.717) is 6.42 Å². The van der Waals surface area contributed by atoms with E-state index in [0.717, 1.165) is 10.7 Å². The van der Waals surface area contributed by atoms with Crippen LogP contribution in [0.25, 0.3) is 0 Å². The van der Waals surface area contributed by atoms with E-state index in [-0.39, 0.29) is 6.04 Å². The Morgan fingerprint density at radius 1 is 1.44 bits per heavy atom. The van der Waals surface area contributed by atoms with E-state index in [4.69, 9.17) is 0 Å². The quantitative estimate of drug-likeness (QED) is 0.924. The minimum atomic E-state index is -0.890. The molecule has 0 saturated carbocycles.